The smallest absolute Gasteiger partial charge is 0.340 e. The second-order valence-corrected chi connectivity index (χ2v) is 5.13. The second kappa shape index (κ2) is 6.13. The summed E-state index contributed by atoms with van der Waals surface area (Å²) in [5, 5.41) is 0. The van der Waals surface area contributed by atoms with Crippen molar-refractivity contribution in [1.29, 1.82) is 0 Å². The quantitative estimate of drug-likeness (QED) is 0.636. The van der Waals surface area contributed by atoms with Gasteiger partial charge in [-0.3, -0.25) is 0 Å². The maximum atomic E-state index is 11.8. The lowest BCUT2D eigenvalue weighted by Crippen LogP contribution is -2.29. The van der Waals surface area contributed by atoms with Crippen LogP contribution >= 0.6 is 0 Å². The van der Waals surface area contributed by atoms with E-state index in [1.807, 2.05) is 19.1 Å². The molecular formula is C15H22N2O3. The van der Waals surface area contributed by atoms with Gasteiger partial charge in [-0.05, 0) is 37.5 Å². The molecule has 110 valence electrons. The fraction of sp³-hybridized carbons (Fsp3) is 0.533. The summed E-state index contributed by atoms with van der Waals surface area (Å²) in [7, 11) is 3.06. The molecule has 20 heavy (non-hydrogen) atoms. The van der Waals surface area contributed by atoms with Crippen LogP contribution in [0.5, 0.6) is 0 Å². The molecule has 1 aliphatic carbocycles. The van der Waals surface area contributed by atoms with Crippen LogP contribution in [0.2, 0.25) is 0 Å². The topological polar surface area (TPSA) is 64.8 Å². The highest BCUT2D eigenvalue weighted by molar-refractivity contribution is 5.97. The number of rotatable bonds is 6. The third-order valence-corrected chi connectivity index (χ3v) is 3.63. The SMILES string of the molecule is COCCN(c1cc(C)c(N)c(C(=O)OC)c1)C1CC1. The molecule has 0 amide bonds. The van der Waals surface area contributed by atoms with Gasteiger partial charge < -0.3 is 20.1 Å². The van der Waals surface area contributed by atoms with Crippen molar-refractivity contribution >= 4 is 17.3 Å². The average Bonchev–Trinajstić information content (AvgIpc) is 3.26. The first kappa shape index (κ1) is 14.7. The number of aryl methyl sites for hydroxylation is 1. The van der Waals surface area contributed by atoms with Crippen molar-refractivity contribution in [3.05, 3.63) is 23.3 Å². The van der Waals surface area contributed by atoms with Gasteiger partial charge in [0.1, 0.15) is 0 Å². The fourth-order valence-corrected chi connectivity index (χ4v) is 2.32. The first-order valence-electron chi connectivity index (χ1n) is 6.82. The van der Waals surface area contributed by atoms with Crippen molar-refractivity contribution < 1.29 is 14.3 Å². The number of nitrogen functional groups attached to an aromatic ring is 1. The summed E-state index contributed by atoms with van der Waals surface area (Å²) < 4.78 is 9.97. The molecule has 0 heterocycles. The Hall–Kier alpha value is -1.75. The van der Waals surface area contributed by atoms with E-state index in [1.165, 1.54) is 20.0 Å². The molecule has 0 spiro atoms. The summed E-state index contributed by atoms with van der Waals surface area (Å²) in [4.78, 5) is 14.1. The highest BCUT2D eigenvalue weighted by Gasteiger charge is 2.30. The summed E-state index contributed by atoms with van der Waals surface area (Å²) in [6.45, 7) is 3.38. The molecule has 2 rings (SSSR count). The van der Waals surface area contributed by atoms with Crippen molar-refractivity contribution in [2.75, 3.05) is 38.0 Å². The molecule has 1 saturated carbocycles. The van der Waals surface area contributed by atoms with E-state index in [2.05, 4.69) is 4.90 Å². The molecule has 0 saturated heterocycles. The number of anilines is 2. The van der Waals surface area contributed by atoms with Crippen molar-refractivity contribution in [2.45, 2.75) is 25.8 Å². The van der Waals surface area contributed by atoms with Crippen LogP contribution < -0.4 is 10.6 Å². The maximum absolute atomic E-state index is 11.8. The molecule has 0 aromatic heterocycles. The number of benzene rings is 1. The predicted molar refractivity (Wildman–Crippen MR) is 79.2 cm³/mol. The van der Waals surface area contributed by atoms with Gasteiger partial charge >= 0.3 is 5.97 Å². The van der Waals surface area contributed by atoms with Gasteiger partial charge in [0.2, 0.25) is 0 Å². The summed E-state index contributed by atoms with van der Waals surface area (Å²) in [6, 6.07) is 4.39. The molecule has 0 radical (unpaired) electrons. The average molecular weight is 278 g/mol. The van der Waals surface area contributed by atoms with E-state index in [9.17, 15) is 4.79 Å². The molecule has 0 unspecified atom stereocenters. The minimum atomic E-state index is -0.394. The van der Waals surface area contributed by atoms with Crippen LogP contribution in [0, 0.1) is 6.92 Å². The lowest BCUT2D eigenvalue weighted by molar-refractivity contribution is 0.0602. The number of nitrogens with two attached hydrogens (primary N) is 1. The third-order valence-electron chi connectivity index (χ3n) is 3.63. The van der Waals surface area contributed by atoms with Gasteiger partial charge in [0.05, 0.1) is 19.3 Å². The number of esters is 1. The Labute approximate surface area is 119 Å². The zero-order valence-electron chi connectivity index (χ0n) is 12.3. The lowest BCUT2D eigenvalue weighted by Gasteiger charge is -2.25. The Balaban J connectivity index is 2.34. The van der Waals surface area contributed by atoms with Crippen molar-refractivity contribution in [3.8, 4) is 0 Å². The van der Waals surface area contributed by atoms with Crippen molar-refractivity contribution in [1.82, 2.24) is 0 Å². The van der Waals surface area contributed by atoms with Gasteiger partial charge in [-0.1, -0.05) is 0 Å². The first-order valence-corrected chi connectivity index (χ1v) is 6.82. The third kappa shape index (κ3) is 3.04. The molecule has 5 nitrogen and oxygen atoms in total. The van der Waals surface area contributed by atoms with Gasteiger partial charge in [-0.25, -0.2) is 4.79 Å². The van der Waals surface area contributed by atoms with E-state index >= 15 is 0 Å². The number of methoxy groups -OCH3 is 2. The van der Waals surface area contributed by atoms with Crippen LogP contribution in [-0.4, -0.2) is 39.4 Å². The summed E-state index contributed by atoms with van der Waals surface area (Å²) >= 11 is 0. The summed E-state index contributed by atoms with van der Waals surface area (Å²) in [5.41, 5.74) is 8.81. The first-order chi connectivity index (χ1) is 9.58. The number of hydrogen-bond donors (Lipinski definition) is 1. The Morgan fingerprint density at radius 2 is 2.10 bits per heavy atom. The molecule has 2 N–H and O–H groups in total. The maximum Gasteiger partial charge on any atom is 0.340 e. The van der Waals surface area contributed by atoms with Gasteiger partial charge in [0.25, 0.3) is 0 Å². The van der Waals surface area contributed by atoms with E-state index in [0.29, 0.717) is 23.9 Å². The molecule has 1 aliphatic rings. The number of carbonyl (C=O) groups excluding carboxylic acids is 1. The minimum absolute atomic E-state index is 0.394. The Kier molecular flexibility index (Phi) is 4.49. The number of hydrogen-bond acceptors (Lipinski definition) is 5. The Morgan fingerprint density at radius 3 is 2.65 bits per heavy atom. The van der Waals surface area contributed by atoms with Gasteiger partial charge in [0.15, 0.2) is 0 Å². The fourth-order valence-electron chi connectivity index (χ4n) is 2.32. The standard InChI is InChI=1S/C15H22N2O3/c1-10-8-12(9-13(14(10)16)15(18)20-3)17(6-7-19-2)11-4-5-11/h8-9,11H,4-7,16H2,1-3H3. The molecular weight excluding hydrogens is 256 g/mol. The molecule has 1 aromatic rings. The van der Waals surface area contributed by atoms with Gasteiger partial charge in [-0.15, -0.1) is 0 Å². The van der Waals surface area contributed by atoms with Crippen LogP contribution in [0.1, 0.15) is 28.8 Å². The highest BCUT2D eigenvalue weighted by Crippen LogP contribution is 2.34. The van der Waals surface area contributed by atoms with Crippen LogP contribution in [0.3, 0.4) is 0 Å². The van der Waals surface area contributed by atoms with Crippen LogP contribution in [0.4, 0.5) is 11.4 Å². The summed E-state index contributed by atoms with van der Waals surface area (Å²) in [5.74, 6) is -0.394. The molecule has 0 aliphatic heterocycles. The molecule has 1 fully saturated rings. The number of carbonyl (C=O) groups is 1. The second-order valence-electron chi connectivity index (χ2n) is 5.13. The zero-order valence-corrected chi connectivity index (χ0v) is 12.3. The van der Waals surface area contributed by atoms with Crippen molar-refractivity contribution in [2.24, 2.45) is 0 Å². The van der Waals surface area contributed by atoms with E-state index in [4.69, 9.17) is 15.2 Å². The monoisotopic (exact) mass is 278 g/mol. The van der Waals surface area contributed by atoms with Crippen LogP contribution in [-0.2, 0) is 9.47 Å². The molecule has 0 bridgehead atoms. The molecule has 1 aromatic carbocycles. The number of nitrogens with zero attached hydrogens (tertiary/aromatic N) is 1. The van der Waals surface area contributed by atoms with E-state index in [0.717, 1.165) is 17.8 Å². The van der Waals surface area contributed by atoms with E-state index in [1.54, 1.807) is 7.11 Å². The highest BCUT2D eigenvalue weighted by atomic mass is 16.5. The lowest BCUT2D eigenvalue weighted by atomic mass is 10.1. The normalized spacial score (nSPS) is 14.2. The van der Waals surface area contributed by atoms with Crippen molar-refractivity contribution in [3.63, 3.8) is 0 Å². The van der Waals surface area contributed by atoms with Crippen LogP contribution in [0.25, 0.3) is 0 Å². The van der Waals surface area contributed by atoms with Crippen LogP contribution in [0.15, 0.2) is 12.1 Å². The Bertz CT molecular complexity index is 498. The molecule has 0 atom stereocenters. The summed E-state index contributed by atoms with van der Waals surface area (Å²) in [6.07, 6.45) is 2.36. The number of ether oxygens (including phenoxy) is 2. The Morgan fingerprint density at radius 1 is 1.40 bits per heavy atom. The zero-order chi connectivity index (χ0) is 14.7. The van der Waals surface area contributed by atoms with Gasteiger partial charge in [-0.2, -0.15) is 0 Å². The van der Waals surface area contributed by atoms with Gasteiger partial charge in [0, 0.05) is 31.1 Å². The predicted octanol–water partition coefficient (Wildman–Crippen LogP) is 1.98. The van der Waals surface area contributed by atoms with E-state index in [-0.39, 0.29) is 0 Å². The largest absolute Gasteiger partial charge is 0.465 e. The molecule has 5 heteroatoms. The van der Waals surface area contributed by atoms with E-state index < -0.39 is 5.97 Å². The minimum Gasteiger partial charge on any atom is -0.465 e.